The quantitative estimate of drug-likeness (QED) is 0.715. The Bertz CT molecular complexity index is 433. The van der Waals surface area contributed by atoms with Gasteiger partial charge in [-0.1, -0.05) is 0 Å². The Hall–Kier alpha value is -1.07. The zero-order valence-electron chi connectivity index (χ0n) is 6.85. The molecule has 0 saturated heterocycles. The van der Waals surface area contributed by atoms with Crippen molar-refractivity contribution in [2.45, 2.75) is 6.92 Å². The molecule has 0 unspecified atom stereocenters. The SMILES string of the molecule is Cc1nc(-c2cnc(C=O)s2)cs1. The third-order valence-electron chi connectivity index (χ3n) is 1.50. The normalized spacial score (nSPS) is 10.2. The lowest BCUT2D eigenvalue weighted by Gasteiger charge is -1.84. The zero-order valence-corrected chi connectivity index (χ0v) is 8.48. The number of hydrogen-bond acceptors (Lipinski definition) is 5. The van der Waals surface area contributed by atoms with Crippen LogP contribution in [0.5, 0.6) is 0 Å². The van der Waals surface area contributed by atoms with E-state index in [2.05, 4.69) is 9.97 Å². The standard InChI is InChI=1S/C8H6N2OS2/c1-5-10-6(4-12-5)7-2-9-8(3-11)13-7/h2-4H,1H3. The fourth-order valence-corrected chi connectivity index (χ4v) is 2.32. The van der Waals surface area contributed by atoms with Gasteiger partial charge in [-0.3, -0.25) is 4.79 Å². The molecule has 0 spiro atoms. The van der Waals surface area contributed by atoms with Gasteiger partial charge in [0.25, 0.3) is 0 Å². The van der Waals surface area contributed by atoms with Gasteiger partial charge in [-0.25, -0.2) is 9.97 Å². The Morgan fingerprint density at radius 1 is 1.54 bits per heavy atom. The fraction of sp³-hybridized carbons (Fsp3) is 0.125. The number of aromatic nitrogens is 2. The van der Waals surface area contributed by atoms with E-state index in [0.29, 0.717) is 5.01 Å². The molecule has 0 bridgehead atoms. The maximum absolute atomic E-state index is 10.4. The van der Waals surface area contributed by atoms with Gasteiger partial charge in [0.2, 0.25) is 0 Å². The van der Waals surface area contributed by atoms with E-state index in [-0.39, 0.29) is 0 Å². The highest BCUT2D eigenvalue weighted by atomic mass is 32.1. The number of thiazole rings is 2. The first kappa shape index (κ1) is 8.52. The number of hydrogen-bond donors (Lipinski definition) is 0. The van der Waals surface area contributed by atoms with Crippen LogP contribution in [-0.4, -0.2) is 16.3 Å². The smallest absolute Gasteiger partial charge is 0.178 e. The molecule has 0 aliphatic heterocycles. The number of aldehydes is 1. The zero-order chi connectivity index (χ0) is 9.26. The molecule has 5 heteroatoms. The van der Waals surface area contributed by atoms with Crippen LogP contribution >= 0.6 is 22.7 Å². The van der Waals surface area contributed by atoms with Gasteiger partial charge in [-0.05, 0) is 6.92 Å². The molecule has 2 aromatic rings. The minimum Gasteiger partial charge on any atom is -0.295 e. The van der Waals surface area contributed by atoms with Crippen LogP contribution in [0.1, 0.15) is 14.8 Å². The Morgan fingerprint density at radius 2 is 2.38 bits per heavy atom. The van der Waals surface area contributed by atoms with Gasteiger partial charge >= 0.3 is 0 Å². The monoisotopic (exact) mass is 210 g/mol. The van der Waals surface area contributed by atoms with Crippen LogP contribution in [0.25, 0.3) is 10.6 Å². The molecular formula is C8H6N2OS2. The first-order chi connectivity index (χ1) is 6.29. The molecule has 0 N–H and O–H groups in total. The molecule has 0 amide bonds. The molecule has 0 aliphatic rings. The van der Waals surface area contributed by atoms with E-state index in [1.54, 1.807) is 17.5 Å². The van der Waals surface area contributed by atoms with Gasteiger partial charge in [-0.2, -0.15) is 0 Å². The molecule has 0 atom stereocenters. The van der Waals surface area contributed by atoms with Crippen LogP contribution in [-0.2, 0) is 0 Å². The summed E-state index contributed by atoms with van der Waals surface area (Å²) >= 11 is 2.96. The van der Waals surface area contributed by atoms with Crippen LogP contribution in [0.4, 0.5) is 0 Å². The van der Waals surface area contributed by atoms with Gasteiger partial charge in [-0.15, -0.1) is 22.7 Å². The second-order valence-corrected chi connectivity index (χ2v) is 4.56. The van der Waals surface area contributed by atoms with Crippen LogP contribution in [0, 0.1) is 6.92 Å². The van der Waals surface area contributed by atoms with E-state index in [1.165, 1.54) is 11.3 Å². The number of aryl methyl sites for hydroxylation is 1. The molecule has 2 rings (SSSR count). The lowest BCUT2D eigenvalue weighted by molar-refractivity contribution is 0.112. The van der Waals surface area contributed by atoms with Gasteiger partial charge in [0, 0.05) is 11.6 Å². The number of nitrogens with zero attached hydrogens (tertiary/aromatic N) is 2. The Morgan fingerprint density at radius 3 is 2.92 bits per heavy atom. The second-order valence-electron chi connectivity index (χ2n) is 2.43. The molecule has 13 heavy (non-hydrogen) atoms. The van der Waals surface area contributed by atoms with Gasteiger partial charge in [0.05, 0.1) is 15.6 Å². The van der Waals surface area contributed by atoms with Crippen molar-refractivity contribution < 1.29 is 4.79 Å². The highest BCUT2D eigenvalue weighted by Gasteiger charge is 2.06. The van der Waals surface area contributed by atoms with Crippen LogP contribution in [0.15, 0.2) is 11.6 Å². The van der Waals surface area contributed by atoms with Crippen molar-refractivity contribution in [2.24, 2.45) is 0 Å². The molecule has 3 nitrogen and oxygen atoms in total. The van der Waals surface area contributed by atoms with E-state index in [0.717, 1.165) is 21.9 Å². The van der Waals surface area contributed by atoms with Crippen molar-refractivity contribution >= 4 is 29.0 Å². The van der Waals surface area contributed by atoms with E-state index in [9.17, 15) is 4.79 Å². The average Bonchev–Trinajstić information content (AvgIpc) is 2.71. The lowest BCUT2D eigenvalue weighted by Crippen LogP contribution is -1.70. The van der Waals surface area contributed by atoms with Gasteiger partial charge < -0.3 is 0 Å². The summed E-state index contributed by atoms with van der Waals surface area (Å²) in [6.07, 6.45) is 2.44. The van der Waals surface area contributed by atoms with E-state index in [1.807, 2.05) is 12.3 Å². The summed E-state index contributed by atoms with van der Waals surface area (Å²) in [7, 11) is 0. The van der Waals surface area contributed by atoms with Crippen LogP contribution in [0.2, 0.25) is 0 Å². The molecule has 0 radical (unpaired) electrons. The summed E-state index contributed by atoms with van der Waals surface area (Å²) in [4.78, 5) is 19.6. The Balaban J connectivity index is 2.40. The lowest BCUT2D eigenvalue weighted by atomic mass is 10.4. The number of carbonyl (C=O) groups is 1. The van der Waals surface area contributed by atoms with Gasteiger partial charge in [0.1, 0.15) is 0 Å². The van der Waals surface area contributed by atoms with Crippen molar-refractivity contribution in [3.05, 3.63) is 21.6 Å². The largest absolute Gasteiger partial charge is 0.295 e. The van der Waals surface area contributed by atoms with Crippen molar-refractivity contribution in [1.29, 1.82) is 0 Å². The molecule has 0 aromatic carbocycles. The van der Waals surface area contributed by atoms with E-state index >= 15 is 0 Å². The number of carbonyl (C=O) groups excluding carboxylic acids is 1. The predicted molar refractivity (Wildman–Crippen MR) is 53.3 cm³/mol. The molecule has 2 aromatic heterocycles. The third-order valence-corrected chi connectivity index (χ3v) is 3.21. The molecule has 0 saturated carbocycles. The molecular weight excluding hydrogens is 204 g/mol. The number of rotatable bonds is 2. The summed E-state index contributed by atoms with van der Waals surface area (Å²) in [6, 6.07) is 0. The molecule has 0 aliphatic carbocycles. The van der Waals surface area contributed by atoms with E-state index < -0.39 is 0 Å². The van der Waals surface area contributed by atoms with Crippen LogP contribution in [0.3, 0.4) is 0 Å². The summed E-state index contributed by atoms with van der Waals surface area (Å²) in [6.45, 7) is 1.95. The summed E-state index contributed by atoms with van der Waals surface area (Å²) in [5.74, 6) is 0. The van der Waals surface area contributed by atoms with Crippen molar-refractivity contribution in [2.75, 3.05) is 0 Å². The van der Waals surface area contributed by atoms with Crippen molar-refractivity contribution in [1.82, 2.24) is 9.97 Å². The minimum absolute atomic E-state index is 0.501. The minimum atomic E-state index is 0.501. The molecule has 0 fully saturated rings. The second kappa shape index (κ2) is 3.35. The first-order valence-electron chi connectivity index (χ1n) is 3.63. The van der Waals surface area contributed by atoms with E-state index in [4.69, 9.17) is 0 Å². The topological polar surface area (TPSA) is 42.9 Å². The first-order valence-corrected chi connectivity index (χ1v) is 5.32. The summed E-state index contributed by atoms with van der Waals surface area (Å²) in [5.41, 5.74) is 0.910. The maximum Gasteiger partial charge on any atom is 0.178 e. The third kappa shape index (κ3) is 1.66. The molecule has 66 valence electrons. The maximum atomic E-state index is 10.4. The molecule has 2 heterocycles. The van der Waals surface area contributed by atoms with Crippen LogP contribution < -0.4 is 0 Å². The highest BCUT2D eigenvalue weighted by molar-refractivity contribution is 7.17. The van der Waals surface area contributed by atoms with Gasteiger partial charge in [0.15, 0.2) is 11.3 Å². The Kier molecular flexibility index (Phi) is 2.20. The Labute approximate surface area is 83.1 Å². The highest BCUT2D eigenvalue weighted by Crippen LogP contribution is 2.26. The summed E-state index contributed by atoms with van der Waals surface area (Å²) < 4.78 is 0. The fourth-order valence-electron chi connectivity index (χ4n) is 0.937. The summed E-state index contributed by atoms with van der Waals surface area (Å²) in [5, 5.41) is 3.49. The van der Waals surface area contributed by atoms with Crippen molar-refractivity contribution in [3.63, 3.8) is 0 Å². The van der Waals surface area contributed by atoms with Crippen molar-refractivity contribution in [3.8, 4) is 10.6 Å². The average molecular weight is 210 g/mol. The predicted octanol–water partition coefficient (Wildman–Crippen LogP) is 2.39.